The van der Waals surface area contributed by atoms with Crippen molar-refractivity contribution < 1.29 is 26.9 Å². The molecule has 0 spiro atoms. The Morgan fingerprint density at radius 3 is 2.14 bits per heavy atom. The number of carbonyl (C=O) groups excluding carboxylic acids is 2. The van der Waals surface area contributed by atoms with E-state index in [9.17, 15) is 18.0 Å². The van der Waals surface area contributed by atoms with E-state index in [0.29, 0.717) is 5.56 Å². The number of rotatable bonds is 4. The first-order chi connectivity index (χ1) is 9.98. The minimum atomic E-state index is -3.99. The van der Waals surface area contributed by atoms with E-state index in [4.69, 9.17) is 4.74 Å². The Hall–Kier alpha value is -2.09. The molecule has 1 N–H and O–H groups in total. The molecule has 7 nitrogen and oxygen atoms in total. The summed E-state index contributed by atoms with van der Waals surface area (Å²) in [5.74, 6) is -1.11. The van der Waals surface area contributed by atoms with Gasteiger partial charge < -0.3 is 14.2 Å². The first-order valence-electron chi connectivity index (χ1n) is 6.46. The second-order valence-corrected chi connectivity index (χ2v) is 7.17. The Balaban J connectivity index is 2.98. The van der Waals surface area contributed by atoms with Crippen LogP contribution in [0.4, 0.5) is 4.79 Å². The summed E-state index contributed by atoms with van der Waals surface area (Å²) in [6.07, 6.45) is -0.104. The molecular formula is C14H19NO6S. The summed E-state index contributed by atoms with van der Waals surface area (Å²) < 4.78 is 31.6. The fourth-order valence-corrected chi connectivity index (χ4v) is 1.94. The van der Waals surface area contributed by atoms with Gasteiger partial charge in [0.1, 0.15) is 5.60 Å². The van der Waals surface area contributed by atoms with Crippen LogP contribution in [-0.4, -0.2) is 32.3 Å². The van der Waals surface area contributed by atoms with E-state index in [-0.39, 0.29) is 0 Å². The molecule has 0 heterocycles. The number of benzene rings is 1. The summed E-state index contributed by atoms with van der Waals surface area (Å²) in [5.41, 5.74) is -0.381. The largest absolute Gasteiger partial charge is 0.444 e. The van der Waals surface area contributed by atoms with E-state index in [1.807, 2.05) is 0 Å². The van der Waals surface area contributed by atoms with Gasteiger partial charge in [0, 0.05) is 0 Å². The van der Waals surface area contributed by atoms with Crippen LogP contribution < -0.4 is 5.32 Å². The standard InChI is InChI=1S/C14H19NO6S/c1-14(2,3)20-13(17)15-11(10-8-6-5-7-9-10)12(16)21-22(4,18)19/h5-9,11H,1-4H3,(H,15,17)/t11-/m1/s1. The number of ether oxygens (including phenoxy) is 1. The molecule has 0 fully saturated rings. The van der Waals surface area contributed by atoms with Crippen LogP contribution in [0.1, 0.15) is 32.4 Å². The molecular weight excluding hydrogens is 310 g/mol. The summed E-state index contributed by atoms with van der Waals surface area (Å²) in [6.45, 7) is 5.00. The molecule has 122 valence electrons. The molecule has 0 aliphatic rings. The second-order valence-electron chi connectivity index (χ2n) is 5.60. The molecule has 0 saturated heterocycles. The second kappa shape index (κ2) is 6.78. The third-order valence-corrected chi connectivity index (χ3v) is 2.73. The van der Waals surface area contributed by atoms with E-state index in [0.717, 1.165) is 6.26 Å². The van der Waals surface area contributed by atoms with Gasteiger partial charge in [-0.3, -0.25) is 0 Å². The molecule has 1 atom stereocenters. The molecule has 0 aliphatic carbocycles. The van der Waals surface area contributed by atoms with Gasteiger partial charge in [0.05, 0.1) is 6.26 Å². The van der Waals surface area contributed by atoms with Crippen LogP contribution in [-0.2, 0) is 23.8 Å². The van der Waals surface area contributed by atoms with E-state index < -0.39 is 33.8 Å². The predicted molar refractivity (Wildman–Crippen MR) is 79.5 cm³/mol. The van der Waals surface area contributed by atoms with E-state index >= 15 is 0 Å². The lowest BCUT2D eigenvalue weighted by Gasteiger charge is -2.22. The fraction of sp³-hybridized carbons (Fsp3) is 0.429. The molecule has 0 saturated carbocycles. The van der Waals surface area contributed by atoms with Crippen molar-refractivity contribution in [3.8, 4) is 0 Å². The average molecular weight is 329 g/mol. The fourth-order valence-electron chi connectivity index (χ4n) is 1.55. The Kier molecular flexibility index (Phi) is 5.54. The van der Waals surface area contributed by atoms with Crippen molar-refractivity contribution >= 4 is 22.2 Å². The number of nitrogens with one attached hydrogen (secondary N) is 1. The van der Waals surface area contributed by atoms with Crippen LogP contribution in [0.2, 0.25) is 0 Å². The van der Waals surface area contributed by atoms with Gasteiger partial charge in [0.15, 0.2) is 6.04 Å². The number of alkyl carbamates (subject to hydrolysis) is 1. The monoisotopic (exact) mass is 329 g/mol. The summed E-state index contributed by atoms with van der Waals surface area (Å²) in [7, 11) is -3.99. The highest BCUT2D eigenvalue weighted by molar-refractivity contribution is 7.86. The van der Waals surface area contributed by atoms with Crippen molar-refractivity contribution in [1.29, 1.82) is 0 Å². The number of carbonyl (C=O) groups is 2. The van der Waals surface area contributed by atoms with Crippen LogP contribution >= 0.6 is 0 Å². The van der Waals surface area contributed by atoms with Crippen molar-refractivity contribution in [2.24, 2.45) is 0 Å². The van der Waals surface area contributed by atoms with Gasteiger partial charge in [-0.05, 0) is 26.3 Å². The predicted octanol–water partition coefficient (Wildman–Crippen LogP) is 1.76. The summed E-state index contributed by atoms with van der Waals surface area (Å²) in [6, 6.07) is 6.85. The van der Waals surface area contributed by atoms with Crippen molar-refractivity contribution in [3.05, 3.63) is 35.9 Å². The van der Waals surface area contributed by atoms with Gasteiger partial charge in [-0.15, -0.1) is 0 Å². The summed E-state index contributed by atoms with van der Waals surface area (Å²) in [5, 5.41) is 2.31. The maximum atomic E-state index is 12.0. The zero-order chi connectivity index (χ0) is 17.0. The quantitative estimate of drug-likeness (QED) is 0.845. The minimum absolute atomic E-state index is 0.377. The van der Waals surface area contributed by atoms with Gasteiger partial charge >= 0.3 is 22.2 Å². The third kappa shape index (κ3) is 6.57. The Labute approximate surface area is 129 Å². The number of amides is 1. The maximum absolute atomic E-state index is 12.0. The lowest BCUT2D eigenvalue weighted by molar-refractivity contribution is -0.136. The van der Waals surface area contributed by atoms with Crippen molar-refractivity contribution in [2.45, 2.75) is 32.4 Å². The lowest BCUT2D eigenvalue weighted by Crippen LogP contribution is -2.39. The van der Waals surface area contributed by atoms with Crippen molar-refractivity contribution in [3.63, 3.8) is 0 Å². The first kappa shape index (κ1) is 18.0. The highest BCUT2D eigenvalue weighted by Gasteiger charge is 2.29. The Morgan fingerprint density at radius 1 is 1.14 bits per heavy atom. The number of hydrogen-bond donors (Lipinski definition) is 1. The lowest BCUT2D eigenvalue weighted by atomic mass is 10.1. The zero-order valence-electron chi connectivity index (χ0n) is 12.8. The molecule has 0 bridgehead atoms. The summed E-state index contributed by atoms with van der Waals surface area (Å²) >= 11 is 0. The van der Waals surface area contributed by atoms with Gasteiger partial charge in [-0.1, -0.05) is 30.3 Å². The molecule has 0 aromatic heterocycles. The smallest absolute Gasteiger partial charge is 0.408 e. The van der Waals surface area contributed by atoms with E-state index in [1.54, 1.807) is 51.1 Å². The van der Waals surface area contributed by atoms with E-state index in [1.165, 1.54) is 0 Å². The average Bonchev–Trinajstić information content (AvgIpc) is 2.32. The molecule has 22 heavy (non-hydrogen) atoms. The van der Waals surface area contributed by atoms with Crippen LogP contribution in [0.5, 0.6) is 0 Å². The van der Waals surface area contributed by atoms with Gasteiger partial charge in [-0.2, -0.15) is 8.42 Å². The molecule has 1 aromatic carbocycles. The molecule has 1 amide bonds. The van der Waals surface area contributed by atoms with Crippen LogP contribution in [0.3, 0.4) is 0 Å². The molecule has 8 heteroatoms. The molecule has 0 aliphatic heterocycles. The molecule has 1 aromatic rings. The highest BCUT2D eigenvalue weighted by Crippen LogP contribution is 2.17. The van der Waals surface area contributed by atoms with Crippen molar-refractivity contribution in [1.82, 2.24) is 5.32 Å². The van der Waals surface area contributed by atoms with Crippen LogP contribution in [0.15, 0.2) is 30.3 Å². The highest BCUT2D eigenvalue weighted by atomic mass is 32.2. The SMILES string of the molecule is CC(C)(C)OC(=O)N[C@@H](C(=O)OS(C)(=O)=O)c1ccccc1. The molecule has 0 unspecified atom stereocenters. The van der Waals surface area contributed by atoms with Gasteiger partial charge in [-0.25, -0.2) is 9.59 Å². The van der Waals surface area contributed by atoms with E-state index in [2.05, 4.69) is 9.50 Å². The molecule has 1 rings (SSSR count). The first-order valence-corrected chi connectivity index (χ1v) is 8.27. The third-order valence-electron chi connectivity index (χ3n) is 2.26. The van der Waals surface area contributed by atoms with Gasteiger partial charge in [0.25, 0.3) is 0 Å². The normalized spacial score (nSPS) is 13.1. The van der Waals surface area contributed by atoms with Gasteiger partial charge in [0.2, 0.25) is 0 Å². The topological polar surface area (TPSA) is 98.8 Å². The zero-order valence-corrected chi connectivity index (χ0v) is 13.6. The molecule has 0 radical (unpaired) electrons. The summed E-state index contributed by atoms with van der Waals surface area (Å²) in [4.78, 5) is 23.8. The van der Waals surface area contributed by atoms with Crippen LogP contribution in [0.25, 0.3) is 0 Å². The maximum Gasteiger partial charge on any atom is 0.408 e. The van der Waals surface area contributed by atoms with Crippen molar-refractivity contribution in [2.75, 3.05) is 6.26 Å². The van der Waals surface area contributed by atoms with Crippen LogP contribution in [0, 0.1) is 0 Å². The minimum Gasteiger partial charge on any atom is -0.444 e. The Bertz CT molecular complexity index is 633. The number of hydrogen-bond acceptors (Lipinski definition) is 6. The Morgan fingerprint density at radius 2 is 1.68 bits per heavy atom.